The van der Waals surface area contributed by atoms with Gasteiger partial charge in [-0.2, -0.15) is 0 Å². The zero-order valence-corrected chi connectivity index (χ0v) is 48.9. The summed E-state index contributed by atoms with van der Waals surface area (Å²) in [6.07, 6.45) is 81.5. The lowest BCUT2D eigenvalue weighted by Gasteiger charge is -2.19. The molecule has 0 saturated heterocycles. The van der Waals surface area contributed by atoms with E-state index in [0.29, 0.717) is 6.42 Å². The fourth-order valence-corrected chi connectivity index (χ4v) is 8.98. The van der Waals surface area contributed by atoms with Gasteiger partial charge in [0.1, 0.15) is 6.61 Å². The van der Waals surface area contributed by atoms with Gasteiger partial charge in [0.25, 0.3) is 0 Å². The maximum absolute atomic E-state index is 12.7. The van der Waals surface area contributed by atoms with E-state index in [-0.39, 0.29) is 38.6 Å². The van der Waals surface area contributed by atoms with Crippen LogP contribution in [0.1, 0.15) is 258 Å². The van der Waals surface area contributed by atoms with Crippen molar-refractivity contribution in [3.8, 4) is 0 Å². The van der Waals surface area contributed by atoms with Crippen LogP contribution in [0, 0.1) is 0 Å². The van der Waals surface area contributed by atoms with E-state index in [1.807, 2.05) is 0 Å². The van der Waals surface area contributed by atoms with Crippen molar-refractivity contribution in [3.05, 3.63) is 109 Å². The van der Waals surface area contributed by atoms with Crippen LogP contribution in [0.5, 0.6) is 0 Å². The summed E-state index contributed by atoms with van der Waals surface area (Å²) in [4.78, 5) is 35.2. The second kappa shape index (κ2) is 59.9. The smallest absolute Gasteiger partial charge is 0.462 e. The van der Waals surface area contributed by atoms with Gasteiger partial charge in [-0.3, -0.25) is 18.6 Å². The SMILES string of the molecule is CC/C=C\C/C=C\C/C=C\C/C=C\C/C=C\C/C=C\C/C=C\C/C=C\C/C=C\CCCCCCCC(=O)OC(COC(=O)CCCCCCCCCCCCCCCCCCCCCCC)COP(=O)(O)OCCN. The van der Waals surface area contributed by atoms with Crippen LogP contribution in [0.2, 0.25) is 0 Å². The Morgan fingerprint density at radius 2 is 0.733 bits per heavy atom. The van der Waals surface area contributed by atoms with E-state index in [1.54, 1.807) is 0 Å². The predicted octanol–water partition coefficient (Wildman–Crippen LogP) is 19.4. The molecule has 0 amide bonds. The molecule has 2 unspecified atom stereocenters. The molecule has 0 radical (unpaired) electrons. The highest BCUT2D eigenvalue weighted by Crippen LogP contribution is 2.43. The lowest BCUT2D eigenvalue weighted by Crippen LogP contribution is -2.29. The van der Waals surface area contributed by atoms with Crippen molar-refractivity contribution in [1.29, 1.82) is 0 Å². The number of hydrogen-bond donors (Lipinski definition) is 2. The summed E-state index contributed by atoms with van der Waals surface area (Å²) in [5.74, 6) is -0.848. The minimum atomic E-state index is -4.40. The lowest BCUT2D eigenvalue weighted by molar-refractivity contribution is -0.161. The zero-order chi connectivity index (χ0) is 54.5. The number of esters is 2. The van der Waals surface area contributed by atoms with Gasteiger partial charge >= 0.3 is 19.8 Å². The summed E-state index contributed by atoms with van der Waals surface area (Å²) in [6.45, 7) is 3.62. The molecule has 430 valence electrons. The van der Waals surface area contributed by atoms with Crippen molar-refractivity contribution in [1.82, 2.24) is 0 Å². The topological polar surface area (TPSA) is 134 Å². The van der Waals surface area contributed by atoms with Crippen LogP contribution in [-0.4, -0.2) is 49.3 Å². The van der Waals surface area contributed by atoms with Gasteiger partial charge in [-0.25, -0.2) is 4.57 Å². The summed E-state index contributed by atoms with van der Waals surface area (Å²) in [5.41, 5.74) is 5.38. The van der Waals surface area contributed by atoms with E-state index >= 15 is 0 Å². The Hall–Kier alpha value is -3.33. The third kappa shape index (κ3) is 59.8. The molecule has 0 heterocycles. The van der Waals surface area contributed by atoms with Crippen molar-refractivity contribution >= 4 is 19.8 Å². The number of nitrogens with two attached hydrogens (primary N) is 1. The molecule has 0 rings (SSSR count). The number of ether oxygens (including phenoxy) is 2. The third-order valence-corrected chi connectivity index (χ3v) is 13.7. The van der Waals surface area contributed by atoms with Gasteiger partial charge in [0.15, 0.2) is 6.10 Å². The van der Waals surface area contributed by atoms with Crippen LogP contribution in [0.15, 0.2) is 109 Å². The summed E-state index contributed by atoms with van der Waals surface area (Å²) in [5, 5.41) is 0. The highest BCUT2D eigenvalue weighted by molar-refractivity contribution is 7.47. The minimum Gasteiger partial charge on any atom is -0.462 e. The first-order valence-electron chi connectivity index (χ1n) is 30.4. The molecule has 10 heteroatoms. The largest absolute Gasteiger partial charge is 0.472 e. The number of carbonyl (C=O) groups is 2. The van der Waals surface area contributed by atoms with Crippen molar-refractivity contribution in [3.63, 3.8) is 0 Å². The van der Waals surface area contributed by atoms with E-state index < -0.39 is 26.5 Å². The van der Waals surface area contributed by atoms with Crippen LogP contribution >= 0.6 is 7.82 Å². The molecule has 0 bridgehead atoms. The number of phosphoric ester groups is 1. The Balaban J connectivity index is 4.04. The van der Waals surface area contributed by atoms with E-state index in [1.165, 1.54) is 116 Å². The van der Waals surface area contributed by atoms with E-state index in [4.69, 9.17) is 24.3 Å². The normalized spacial score (nSPS) is 13.8. The summed E-state index contributed by atoms with van der Waals surface area (Å²) in [6, 6.07) is 0. The maximum atomic E-state index is 12.7. The van der Waals surface area contributed by atoms with Crippen LogP contribution in [0.4, 0.5) is 0 Å². The highest BCUT2D eigenvalue weighted by Gasteiger charge is 2.26. The Kier molecular flexibility index (Phi) is 57.2. The van der Waals surface area contributed by atoms with Gasteiger partial charge < -0.3 is 20.1 Å². The fraction of sp³-hybridized carbons (Fsp3) is 0.692. The van der Waals surface area contributed by atoms with Gasteiger partial charge in [-0.1, -0.05) is 271 Å². The average Bonchev–Trinajstić information content (AvgIpc) is 3.40. The van der Waals surface area contributed by atoms with E-state index in [2.05, 4.69) is 123 Å². The van der Waals surface area contributed by atoms with Crippen molar-refractivity contribution in [2.24, 2.45) is 5.73 Å². The first-order valence-corrected chi connectivity index (χ1v) is 31.9. The van der Waals surface area contributed by atoms with Crippen LogP contribution < -0.4 is 5.73 Å². The number of unbranched alkanes of at least 4 members (excludes halogenated alkanes) is 25. The number of carbonyl (C=O) groups excluding carboxylic acids is 2. The average molecular weight is 1070 g/mol. The molecule has 3 N–H and O–H groups in total. The predicted molar refractivity (Wildman–Crippen MR) is 321 cm³/mol. The van der Waals surface area contributed by atoms with Crippen molar-refractivity contribution in [2.45, 2.75) is 264 Å². The molecule has 0 aliphatic rings. The first-order chi connectivity index (χ1) is 36.8. The van der Waals surface area contributed by atoms with Crippen LogP contribution in [0.25, 0.3) is 0 Å². The fourth-order valence-electron chi connectivity index (χ4n) is 8.22. The quantitative estimate of drug-likeness (QED) is 0.0264. The van der Waals surface area contributed by atoms with E-state index in [9.17, 15) is 19.0 Å². The van der Waals surface area contributed by atoms with E-state index in [0.717, 1.165) is 109 Å². The molecule has 0 aromatic rings. The van der Waals surface area contributed by atoms with Gasteiger partial charge in [-0.15, -0.1) is 0 Å². The molecule has 0 aromatic heterocycles. The summed E-state index contributed by atoms with van der Waals surface area (Å²) >= 11 is 0. The maximum Gasteiger partial charge on any atom is 0.472 e. The second-order valence-corrected chi connectivity index (χ2v) is 21.3. The zero-order valence-electron chi connectivity index (χ0n) is 48.0. The third-order valence-electron chi connectivity index (χ3n) is 12.7. The number of hydrogen-bond acceptors (Lipinski definition) is 8. The molecule has 9 nitrogen and oxygen atoms in total. The number of allylic oxidation sites excluding steroid dienone is 18. The van der Waals surface area contributed by atoms with Gasteiger partial charge in [0, 0.05) is 19.4 Å². The van der Waals surface area contributed by atoms with Crippen molar-refractivity contribution < 1.29 is 37.6 Å². The molecule has 0 spiro atoms. The lowest BCUT2D eigenvalue weighted by atomic mass is 10.0. The Labute approximate surface area is 460 Å². The molecule has 0 fully saturated rings. The molecule has 75 heavy (non-hydrogen) atoms. The van der Waals surface area contributed by atoms with Gasteiger partial charge in [0.05, 0.1) is 13.2 Å². The molecular weight excluding hydrogens is 954 g/mol. The summed E-state index contributed by atoms with van der Waals surface area (Å²) in [7, 11) is -4.40. The van der Waals surface area contributed by atoms with Crippen molar-refractivity contribution in [2.75, 3.05) is 26.4 Å². The Morgan fingerprint density at radius 1 is 0.413 bits per heavy atom. The molecule has 2 atom stereocenters. The summed E-state index contributed by atoms with van der Waals surface area (Å²) < 4.78 is 33.0. The molecular formula is C65H112NO8P. The molecule has 0 aliphatic carbocycles. The van der Waals surface area contributed by atoms with Crippen LogP contribution in [0.3, 0.4) is 0 Å². The Bertz CT molecular complexity index is 1590. The number of rotatable bonds is 56. The molecule has 0 saturated carbocycles. The Morgan fingerprint density at radius 3 is 1.09 bits per heavy atom. The molecule has 0 aromatic carbocycles. The molecule has 0 aliphatic heterocycles. The monoisotopic (exact) mass is 1070 g/mol. The second-order valence-electron chi connectivity index (χ2n) is 19.8. The van der Waals surface area contributed by atoms with Gasteiger partial charge in [0.2, 0.25) is 0 Å². The van der Waals surface area contributed by atoms with Gasteiger partial charge in [-0.05, 0) is 83.5 Å². The van der Waals surface area contributed by atoms with Crippen LogP contribution in [-0.2, 0) is 32.7 Å². The first kappa shape index (κ1) is 71.7. The highest BCUT2D eigenvalue weighted by atomic mass is 31.2. The number of phosphoric acid groups is 1. The minimum absolute atomic E-state index is 0.0457. The standard InChI is InChI=1S/C65H112NO8P/c1-3-5-7-9-11-13-15-17-19-21-23-25-26-27-28-29-30-31-32-33-34-35-36-38-40-42-44-46-48-50-52-54-56-58-65(68)74-63(62-73-75(69,70)72-60-59-66)61-71-64(67)57-55-53-51-49-47-45-43-41-39-37-24-22-20-18-16-14-12-10-8-6-4-2/h5,7,11,13,17,19,23,25,27-28,30-31,33-34,36,38,42,44,63H,3-4,6,8-10,12,14-16,18,20-22,24,26,29,32,35,37,39-41,43,45-62,66H2,1-2H3,(H,69,70)/b7-5-,13-11-,19-17-,25-23-,28-27-,31-30-,34-33-,38-36-,44-42-.